The molecule has 0 fully saturated rings. The smallest absolute Gasteiger partial charge is 0.269 e. The maximum atomic E-state index is 11.8. The second-order valence-corrected chi connectivity index (χ2v) is 6.81. The number of nitrogens with one attached hydrogen (secondary N) is 2. The molecule has 1 amide bonds. The summed E-state index contributed by atoms with van der Waals surface area (Å²) in [5.74, 6) is -0.322. The minimum Gasteiger partial charge on any atom is -0.374 e. The number of nitro groups is 1. The fourth-order valence-electron chi connectivity index (χ4n) is 1.94. The highest BCUT2D eigenvalue weighted by Crippen LogP contribution is 2.32. The van der Waals surface area contributed by atoms with E-state index in [2.05, 4.69) is 47.7 Å². The van der Waals surface area contributed by atoms with Crippen molar-refractivity contribution in [1.82, 2.24) is 5.43 Å². The largest absolute Gasteiger partial charge is 0.374 e. The van der Waals surface area contributed by atoms with Crippen molar-refractivity contribution in [2.24, 2.45) is 5.10 Å². The molecule has 25 heavy (non-hydrogen) atoms. The number of amides is 1. The number of carbonyl (C=O) groups excluding carboxylic acids is 1. The van der Waals surface area contributed by atoms with Crippen LogP contribution in [-0.4, -0.2) is 23.6 Å². The number of rotatable bonds is 6. The Morgan fingerprint density at radius 1 is 1.24 bits per heavy atom. The topological polar surface area (TPSA) is 96.6 Å². The molecular formula is C16H14Br2N4O3. The summed E-state index contributed by atoms with van der Waals surface area (Å²) in [5, 5.41) is 17.4. The lowest BCUT2D eigenvalue weighted by molar-refractivity contribution is -0.384. The fraction of sp³-hybridized carbons (Fsp3) is 0.125. The van der Waals surface area contributed by atoms with Crippen LogP contribution in [-0.2, 0) is 4.79 Å². The third-order valence-electron chi connectivity index (χ3n) is 3.12. The van der Waals surface area contributed by atoms with Gasteiger partial charge in [0.05, 0.1) is 23.4 Å². The molecule has 0 atom stereocenters. The molecule has 0 unspecified atom stereocenters. The molecule has 0 aliphatic heterocycles. The quantitative estimate of drug-likeness (QED) is 0.379. The van der Waals surface area contributed by atoms with Crippen molar-refractivity contribution in [3.63, 3.8) is 0 Å². The first-order chi connectivity index (χ1) is 11.9. The van der Waals surface area contributed by atoms with Crippen LogP contribution < -0.4 is 10.7 Å². The molecule has 0 heterocycles. The lowest BCUT2D eigenvalue weighted by Crippen LogP contribution is -2.26. The van der Waals surface area contributed by atoms with Crippen molar-refractivity contribution < 1.29 is 9.72 Å². The number of nitrogens with zero attached hydrogens (tertiary/aromatic N) is 2. The van der Waals surface area contributed by atoms with Crippen LogP contribution in [0.1, 0.15) is 11.1 Å². The number of aryl methyl sites for hydroxylation is 1. The molecule has 0 aliphatic carbocycles. The van der Waals surface area contributed by atoms with Gasteiger partial charge in [-0.1, -0.05) is 0 Å². The Labute approximate surface area is 160 Å². The number of carbonyl (C=O) groups is 1. The van der Waals surface area contributed by atoms with Gasteiger partial charge in [-0.2, -0.15) is 5.10 Å². The van der Waals surface area contributed by atoms with E-state index in [4.69, 9.17) is 0 Å². The van der Waals surface area contributed by atoms with E-state index in [1.165, 1.54) is 18.3 Å². The molecule has 9 heteroatoms. The lowest BCUT2D eigenvalue weighted by Gasteiger charge is -2.11. The molecule has 7 nitrogen and oxygen atoms in total. The summed E-state index contributed by atoms with van der Waals surface area (Å²) in [5.41, 5.74) is 4.90. The number of non-ortho nitro benzene ring substituents is 1. The van der Waals surface area contributed by atoms with E-state index in [0.29, 0.717) is 5.56 Å². The van der Waals surface area contributed by atoms with Crippen LogP contribution in [0.4, 0.5) is 11.4 Å². The Morgan fingerprint density at radius 2 is 1.84 bits per heavy atom. The molecule has 0 spiro atoms. The molecule has 2 aromatic rings. The van der Waals surface area contributed by atoms with Crippen LogP contribution in [0.2, 0.25) is 0 Å². The third kappa shape index (κ3) is 5.64. The highest BCUT2D eigenvalue weighted by Gasteiger charge is 2.08. The molecule has 2 aromatic carbocycles. The number of halogens is 2. The van der Waals surface area contributed by atoms with Gasteiger partial charge in [-0.25, -0.2) is 5.43 Å². The predicted molar refractivity (Wildman–Crippen MR) is 104 cm³/mol. The minimum absolute atomic E-state index is 0.000336. The SMILES string of the molecule is Cc1cc(Br)c(NCC(=O)N/N=C\c2ccc([N+](=O)[O-])cc2)c(Br)c1. The van der Waals surface area contributed by atoms with E-state index in [0.717, 1.165) is 20.2 Å². The Bertz CT molecular complexity index is 800. The molecule has 2 N–H and O–H groups in total. The maximum absolute atomic E-state index is 11.8. The number of hydrogen-bond donors (Lipinski definition) is 2. The number of nitro benzene ring substituents is 1. The number of anilines is 1. The summed E-state index contributed by atoms with van der Waals surface area (Å²) in [4.78, 5) is 21.9. The second-order valence-electron chi connectivity index (χ2n) is 5.10. The third-order valence-corrected chi connectivity index (χ3v) is 4.37. The van der Waals surface area contributed by atoms with Crippen LogP contribution >= 0.6 is 31.9 Å². The first-order valence-electron chi connectivity index (χ1n) is 7.12. The molecule has 0 bridgehead atoms. The molecule has 0 aliphatic rings. The van der Waals surface area contributed by atoms with Crippen molar-refractivity contribution in [2.45, 2.75) is 6.92 Å². The zero-order valence-electron chi connectivity index (χ0n) is 13.1. The van der Waals surface area contributed by atoms with Crippen LogP contribution in [0.15, 0.2) is 50.4 Å². The average Bonchev–Trinajstić information content (AvgIpc) is 2.54. The Morgan fingerprint density at radius 3 is 2.40 bits per heavy atom. The van der Waals surface area contributed by atoms with E-state index < -0.39 is 4.92 Å². The molecule has 0 radical (unpaired) electrons. The Kier molecular flexibility index (Phi) is 6.65. The van der Waals surface area contributed by atoms with Gasteiger partial charge in [0.2, 0.25) is 0 Å². The first-order valence-corrected chi connectivity index (χ1v) is 8.71. The van der Waals surface area contributed by atoms with E-state index in [1.54, 1.807) is 12.1 Å². The van der Waals surface area contributed by atoms with Crippen LogP contribution in [0.5, 0.6) is 0 Å². The molecule has 0 aromatic heterocycles. The monoisotopic (exact) mass is 468 g/mol. The van der Waals surface area contributed by atoms with Crippen LogP contribution in [0.3, 0.4) is 0 Å². The van der Waals surface area contributed by atoms with Gasteiger partial charge >= 0.3 is 0 Å². The maximum Gasteiger partial charge on any atom is 0.269 e. The predicted octanol–water partition coefficient (Wildman–Crippen LogP) is 3.99. The van der Waals surface area contributed by atoms with Crippen molar-refractivity contribution in [1.29, 1.82) is 0 Å². The molecule has 130 valence electrons. The van der Waals surface area contributed by atoms with E-state index in [1.807, 2.05) is 19.1 Å². The van der Waals surface area contributed by atoms with Gasteiger partial charge in [0, 0.05) is 21.1 Å². The summed E-state index contributed by atoms with van der Waals surface area (Å²) in [6, 6.07) is 9.73. The standard InChI is InChI=1S/C16H14Br2N4O3/c1-10-6-13(17)16(14(18)7-10)19-9-15(23)21-20-8-11-2-4-12(5-3-11)22(24)25/h2-8,19H,9H2,1H3,(H,21,23)/b20-8-. The van der Waals surface area contributed by atoms with Gasteiger partial charge in [-0.3, -0.25) is 14.9 Å². The van der Waals surface area contributed by atoms with Crippen molar-refractivity contribution in [2.75, 3.05) is 11.9 Å². The van der Waals surface area contributed by atoms with Gasteiger partial charge in [0.15, 0.2) is 0 Å². The second kappa shape index (κ2) is 8.72. The van der Waals surface area contributed by atoms with Crippen molar-refractivity contribution in [3.8, 4) is 0 Å². The molecule has 0 saturated carbocycles. The normalized spacial score (nSPS) is 10.7. The number of benzene rings is 2. The zero-order chi connectivity index (χ0) is 18.4. The summed E-state index contributed by atoms with van der Waals surface area (Å²) in [7, 11) is 0. The van der Waals surface area contributed by atoms with Crippen LogP contribution in [0.25, 0.3) is 0 Å². The highest BCUT2D eigenvalue weighted by atomic mass is 79.9. The van der Waals surface area contributed by atoms with Gasteiger partial charge in [0.1, 0.15) is 0 Å². The average molecular weight is 470 g/mol. The van der Waals surface area contributed by atoms with Crippen molar-refractivity contribution in [3.05, 3.63) is 66.6 Å². The van der Waals surface area contributed by atoms with Crippen LogP contribution in [0, 0.1) is 17.0 Å². The summed E-state index contributed by atoms with van der Waals surface area (Å²) >= 11 is 6.89. The van der Waals surface area contributed by atoms with E-state index >= 15 is 0 Å². The Hall–Kier alpha value is -2.26. The van der Waals surface area contributed by atoms with E-state index in [9.17, 15) is 14.9 Å². The summed E-state index contributed by atoms with van der Waals surface area (Å²) in [6.45, 7) is 2.01. The van der Waals surface area contributed by atoms with Gasteiger partial charge in [0.25, 0.3) is 11.6 Å². The number of hydrogen-bond acceptors (Lipinski definition) is 5. The van der Waals surface area contributed by atoms with Gasteiger partial charge in [-0.15, -0.1) is 0 Å². The highest BCUT2D eigenvalue weighted by molar-refractivity contribution is 9.11. The van der Waals surface area contributed by atoms with Gasteiger partial charge < -0.3 is 5.32 Å². The molecular weight excluding hydrogens is 456 g/mol. The number of hydrazone groups is 1. The summed E-state index contributed by atoms with van der Waals surface area (Å²) in [6.07, 6.45) is 1.42. The summed E-state index contributed by atoms with van der Waals surface area (Å²) < 4.78 is 1.70. The lowest BCUT2D eigenvalue weighted by atomic mass is 10.2. The molecule has 0 saturated heterocycles. The minimum atomic E-state index is -0.476. The Balaban J connectivity index is 1.87. The fourth-order valence-corrected chi connectivity index (χ4v) is 3.63. The van der Waals surface area contributed by atoms with Crippen molar-refractivity contribution >= 4 is 55.4 Å². The zero-order valence-corrected chi connectivity index (χ0v) is 16.3. The molecule has 2 rings (SSSR count). The van der Waals surface area contributed by atoms with E-state index in [-0.39, 0.29) is 18.1 Å². The first kappa shape index (κ1) is 19.1. The van der Waals surface area contributed by atoms with Gasteiger partial charge in [-0.05, 0) is 74.2 Å².